The van der Waals surface area contributed by atoms with Crippen LogP contribution in [0.15, 0.2) is 23.0 Å². The molecule has 3 heterocycles. The number of nitrogens with zero attached hydrogens (tertiary/aromatic N) is 2. The Bertz CT molecular complexity index is 1260. The number of hydrogen-bond acceptors (Lipinski definition) is 6. The zero-order valence-corrected chi connectivity index (χ0v) is 20.2. The number of thiophene rings is 1. The second kappa shape index (κ2) is 9.07. The fraction of sp³-hybridized carbons (Fsp3) is 0.391. The molecule has 32 heavy (non-hydrogen) atoms. The summed E-state index contributed by atoms with van der Waals surface area (Å²) in [5.41, 5.74) is 3.57. The first-order valence-corrected chi connectivity index (χ1v) is 12.4. The molecule has 1 unspecified atom stereocenters. The summed E-state index contributed by atoms with van der Waals surface area (Å²) < 4.78 is 0. The maximum Gasteiger partial charge on any atom is 0.259 e. The molecule has 1 aliphatic rings. The van der Waals surface area contributed by atoms with E-state index in [2.05, 4.69) is 15.3 Å². The van der Waals surface area contributed by atoms with Crippen molar-refractivity contribution < 1.29 is 9.59 Å². The molecule has 1 atom stereocenters. The van der Waals surface area contributed by atoms with Gasteiger partial charge in [0.25, 0.3) is 5.56 Å². The van der Waals surface area contributed by atoms with Crippen molar-refractivity contribution in [1.29, 1.82) is 0 Å². The van der Waals surface area contributed by atoms with Crippen molar-refractivity contribution in [2.45, 2.75) is 51.5 Å². The fourth-order valence-electron chi connectivity index (χ4n) is 3.89. The van der Waals surface area contributed by atoms with E-state index >= 15 is 0 Å². The first kappa shape index (κ1) is 22.5. The van der Waals surface area contributed by atoms with Gasteiger partial charge in [-0.05, 0) is 62.9 Å². The van der Waals surface area contributed by atoms with E-state index in [0.717, 1.165) is 51.6 Å². The number of carbonyl (C=O) groups is 2. The number of aryl methyl sites for hydroxylation is 3. The standard InChI is InChI=1S/C23H26N4O3S2/c1-12-13(2)32-23-20(12)22(30)25-19(26-23)11-31-14(3)21(29)24-17-7-8-18-16(10-17)6-5-9-27(18)15(4)28/h7-8,10,14H,5-6,9,11H2,1-4H3,(H,24,29)(H,25,26,30). The minimum atomic E-state index is -0.326. The van der Waals surface area contributed by atoms with Crippen molar-refractivity contribution in [3.63, 3.8) is 0 Å². The monoisotopic (exact) mass is 470 g/mol. The number of H-pyrrole nitrogens is 1. The molecule has 0 saturated heterocycles. The molecular weight excluding hydrogens is 444 g/mol. The zero-order valence-electron chi connectivity index (χ0n) is 18.6. The lowest BCUT2D eigenvalue weighted by Gasteiger charge is -2.29. The van der Waals surface area contributed by atoms with Crippen LogP contribution >= 0.6 is 23.1 Å². The Kier molecular flexibility index (Phi) is 6.39. The van der Waals surface area contributed by atoms with E-state index in [0.29, 0.717) is 17.0 Å². The molecule has 2 aromatic heterocycles. The van der Waals surface area contributed by atoms with Crippen molar-refractivity contribution in [3.05, 3.63) is 50.4 Å². The second-order valence-corrected chi connectivity index (χ2v) is 10.6. The Labute approximate surface area is 194 Å². The first-order chi connectivity index (χ1) is 15.2. The Hall–Kier alpha value is -2.65. The van der Waals surface area contributed by atoms with E-state index in [1.807, 2.05) is 39.0 Å². The number of fused-ring (bicyclic) bond motifs is 2. The van der Waals surface area contributed by atoms with Gasteiger partial charge in [0, 0.05) is 29.7 Å². The van der Waals surface area contributed by atoms with Gasteiger partial charge in [-0.15, -0.1) is 23.1 Å². The molecule has 0 saturated carbocycles. The van der Waals surface area contributed by atoms with Gasteiger partial charge in [-0.3, -0.25) is 14.4 Å². The third-order valence-corrected chi connectivity index (χ3v) is 8.03. The second-order valence-electron chi connectivity index (χ2n) is 8.04. The number of thioether (sulfide) groups is 1. The van der Waals surface area contributed by atoms with Gasteiger partial charge in [-0.2, -0.15) is 0 Å². The number of benzene rings is 1. The van der Waals surface area contributed by atoms with E-state index in [9.17, 15) is 14.4 Å². The first-order valence-electron chi connectivity index (χ1n) is 10.6. The number of anilines is 2. The molecule has 7 nitrogen and oxygen atoms in total. The zero-order chi connectivity index (χ0) is 23.0. The van der Waals surface area contributed by atoms with E-state index in [4.69, 9.17) is 0 Å². The molecule has 0 fully saturated rings. The Morgan fingerprint density at radius 2 is 2.12 bits per heavy atom. The summed E-state index contributed by atoms with van der Waals surface area (Å²) in [6, 6.07) is 5.69. The van der Waals surface area contributed by atoms with Gasteiger partial charge in [0.05, 0.1) is 16.4 Å². The summed E-state index contributed by atoms with van der Waals surface area (Å²) in [6.07, 6.45) is 1.80. The van der Waals surface area contributed by atoms with Crippen LogP contribution in [0.4, 0.5) is 11.4 Å². The van der Waals surface area contributed by atoms with Gasteiger partial charge in [0.1, 0.15) is 10.7 Å². The molecule has 2 N–H and O–H groups in total. The van der Waals surface area contributed by atoms with Crippen LogP contribution in [0.5, 0.6) is 0 Å². The normalized spacial score (nSPS) is 14.3. The largest absolute Gasteiger partial charge is 0.325 e. The highest BCUT2D eigenvalue weighted by atomic mass is 32.2. The molecule has 9 heteroatoms. The van der Waals surface area contributed by atoms with Gasteiger partial charge < -0.3 is 15.2 Å². The summed E-state index contributed by atoms with van der Waals surface area (Å²) in [6.45, 7) is 8.06. The number of carbonyl (C=O) groups excluding carboxylic acids is 2. The van der Waals surface area contributed by atoms with Crippen molar-refractivity contribution >= 4 is 56.5 Å². The molecule has 0 radical (unpaired) electrons. The number of amides is 2. The summed E-state index contributed by atoms with van der Waals surface area (Å²) in [7, 11) is 0. The summed E-state index contributed by atoms with van der Waals surface area (Å²) in [5, 5.41) is 3.30. The number of hydrogen-bond donors (Lipinski definition) is 2. The van der Waals surface area contributed by atoms with E-state index in [1.54, 1.807) is 11.8 Å². The Morgan fingerprint density at radius 3 is 2.88 bits per heavy atom. The van der Waals surface area contributed by atoms with Gasteiger partial charge in [-0.25, -0.2) is 4.98 Å². The predicted octanol–water partition coefficient (Wildman–Crippen LogP) is 4.16. The van der Waals surface area contributed by atoms with Gasteiger partial charge in [0.2, 0.25) is 11.8 Å². The Balaban J connectivity index is 1.41. The molecule has 3 aromatic rings. The van der Waals surface area contributed by atoms with Crippen molar-refractivity contribution in [3.8, 4) is 0 Å². The average molecular weight is 471 g/mol. The third-order valence-electron chi connectivity index (χ3n) is 5.77. The molecular formula is C23H26N4O3S2. The van der Waals surface area contributed by atoms with Crippen LogP contribution < -0.4 is 15.8 Å². The third kappa shape index (κ3) is 4.45. The quantitative estimate of drug-likeness (QED) is 0.584. The van der Waals surface area contributed by atoms with Crippen LogP contribution in [0, 0.1) is 13.8 Å². The smallest absolute Gasteiger partial charge is 0.259 e. The van der Waals surface area contributed by atoms with E-state index in [1.165, 1.54) is 23.1 Å². The number of nitrogens with one attached hydrogen (secondary N) is 2. The van der Waals surface area contributed by atoms with Crippen LogP contribution in [-0.4, -0.2) is 33.6 Å². The predicted molar refractivity (Wildman–Crippen MR) is 132 cm³/mol. The van der Waals surface area contributed by atoms with Crippen LogP contribution in [0.1, 0.15) is 42.1 Å². The molecule has 0 aliphatic carbocycles. The summed E-state index contributed by atoms with van der Waals surface area (Å²) >= 11 is 2.94. The minimum Gasteiger partial charge on any atom is -0.325 e. The van der Waals surface area contributed by atoms with Crippen LogP contribution in [0.25, 0.3) is 10.2 Å². The highest BCUT2D eigenvalue weighted by Gasteiger charge is 2.21. The number of rotatable bonds is 5. The molecule has 0 bridgehead atoms. The van der Waals surface area contributed by atoms with Crippen molar-refractivity contribution in [2.75, 3.05) is 16.8 Å². The minimum absolute atomic E-state index is 0.0328. The maximum atomic E-state index is 12.7. The number of aromatic amines is 1. The van der Waals surface area contributed by atoms with Gasteiger partial charge in [0.15, 0.2) is 0 Å². The maximum absolute atomic E-state index is 12.7. The Morgan fingerprint density at radius 1 is 1.34 bits per heavy atom. The van der Waals surface area contributed by atoms with Crippen molar-refractivity contribution in [1.82, 2.24) is 9.97 Å². The summed E-state index contributed by atoms with van der Waals surface area (Å²) in [4.78, 5) is 48.0. The van der Waals surface area contributed by atoms with Gasteiger partial charge >= 0.3 is 0 Å². The average Bonchev–Trinajstić information content (AvgIpc) is 3.05. The highest BCUT2D eigenvalue weighted by Crippen LogP contribution is 2.30. The highest BCUT2D eigenvalue weighted by molar-refractivity contribution is 7.99. The van der Waals surface area contributed by atoms with E-state index in [-0.39, 0.29) is 22.6 Å². The topological polar surface area (TPSA) is 95.2 Å². The lowest BCUT2D eigenvalue weighted by molar-refractivity contribution is -0.117. The molecule has 4 rings (SSSR count). The van der Waals surface area contributed by atoms with Crippen LogP contribution in [0.2, 0.25) is 0 Å². The van der Waals surface area contributed by atoms with Crippen molar-refractivity contribution in [2.24, 2.45) is 0 Å². The number of aromatic nitrogens is 2. The molecule has 1 aromatic carbocycles. The molecule has 168 valence electrons. The molecule has 2 amide bonds. The lowest BCUT2D eigenvalue weighted by atomic mass is 10.0. The molecule has 1 aliphatic heterocycles. The van der Waals surface area contributed by atoms with E-state index < -0.39 is 0 Å². The van der Waals surface area contributed by atoms with Crippen LogP contribution in [-0.2, 0) is 21.8 Å². The summed E-state index contributed by atoms with van der Waals surface area (Å²) in [5.74, 6) is 0.936. The lowest BCUT2D eigenvalue weighted by Crippen LogP contribution is -2.33. The van der Waals surface area contributed by atoms with Crippen LogP contribution in [0.3, 0.4) is 0 Å². The van der Waals surface area contributed by atoms with Gasteiger partial charge in [-0.1, -0.05) is 0 Å². The fourth-order valence-corrected chi connectivity index (χ4v) is 5.70. The molecule has 0 spiro atoms. The SMILES string of the molecule is CC(=O)N1CCCc2cc(NC(=O)C(C)SCc3nc4sc(C)c(C)c4c(=O)[nH]3)ccc21.